The first-order valence-corrected chi connectivity index (χ1v) is 10.7. The smallest absolute Gasteiger partial charge is 0.262 e. The van der Waals surface area contributed by atoms with Gasteiger partial charge < -0.3 is 15.0 Å². The number of rotatable bonds is 6. The van der Waals surface area contributed by atoms with Gasteiger partial charge in [-0.3, -0.25) is 4.79 Å². The van der Waals surface area contributed by atoms with Crippen LogP contribution in [0.1, 0.15) is 0 Å². The van der Waals surface area contributed by atoms with Gasteiger partial charge in [0.15, 0.2) is 6.61 Å². The molecule has 0 unspecified atom stereocenters. The van der Waals surface area contributed by atoms with E-state index < -0.39 is 21.7 Å². The zero-order chi connectivity index (χ0) is 21.0. The Morgan fingerprint density at radius 2 is 1.90 bits per heavy atom. The first-order valence-electron chi connectivity index (χ1n) is 8.92. The standard InChI is InChI=1S/C19H21ClFN3O4S/c1-23-7-9-24(10-8-23)29(26,27)16-5-6-17(20)18(12-16)22-19(25)13-28-15-4-2-3-14(21)11-15/h2-6,11-12H,7-10,13H2,1H3,(H,22,25). The molecule has 1 fully saturated rings. The second-order valence-corrected chi connectivity index (χ2v) is 8.99. The van der Waals surface area contributed by atoms with Crippen molar-refractivity contribution in [3.05, 3.63) is 53.3 Å². The van der Waals surface area contributed by atoms with E-state index in [1.54, 1.807) is 0 Å². The monoisotopic (exact) mass is 441 g/mol. The number of nitrogens with one attached hydrogen (secondary N) is 1. The zero-order valence-electron chi connectivity index (χ0n) is 15.8. The minimum absolute atomic E-state index is 0.0489. The van der Waals surface area contributed by atoms with Gasteiger partial charge in [-0.1, -0.05) is 17.7 Å². The van der Waals surface area contributed by atoms with E-state index in [2.05, 4.69) is 10.2 Å². The molecule has 7 nitrogen and oxygen atoms in total. The third kappa shape index (κ3) is 5.45. The van der Waals surface area contributed by atoms with Crippen molar-refractivity contribution >= 4 is 33.2 Å². The number of carbonyl (C=O) groups is 1. The lowest BCUT2D eigenvalue weighted by atomic mass is 10.3. The Morgan fingerprint density at radius 3 is 2.59 bits per heavy atom. The summed E-state index contributed by atoms with van der Waals surface area (Å²) >= 11 is 6.11. The van der Waals surface area contributed by atoms with Crippen LogP contribution in [0.3, 0.4) is 0 Å². The van der Waals surface area contributed by atoms with Gasteiger partial charge in [-0.2, -0.15) is 4.31 Å². The number of amides is 1. The van der Waals surface area contributed by atoms with E-state index in [1.807, 2.05) is 7.05 Å². The largest absolute Gasteiger partial charge is 0.484 e. The summed E-state index contributed by atoms with van der Waals surface area (Å²) in [4.78, 5) is 14.3. The first-order chi connectivity index (χ1) is 13.8. The Bertz CT molecular complexity index is 995. The molecule has 0 saturated carbocycles. The van der Waals surface area contributed by atoms with Crippen molar-refractivity contribution in [2.24, 2.45) is 0 Å². The van der Waals surface area contributed by atoms with Crippen LogP contribution in [0.2, 0.25) is 5.02 Å². The quantitative estimate of drug-likeness (QED) is 0.744. The van der Waals surface area contributed by atoms with E-state index in [9.17, 15) is 17.6 Å². The van der Waals surface area contributed by atoms with E-state index in [-0.39, 0.29) is 28.0 Å². The molecule has 0 radical (unpaired) electrons. The fourth-order valence-electron chi connectivity index (χ4n) is 2.83. The van der Waals surface area contributed by atoms with Gasteiger partial charge in [-0.15, -0.1) is 0 Å². The third-order valence-corrected chi connectivity index (χ3v) is 6.70. The second kappa shape index (κ2) is 9.08. The first kappa shape index (κ1) is 21.5. The summed E-state index contributed by atoms with van der Waals surface area (Å²) in [6, 6.07) is 9.57. The minimum Gasteiger partial charge on any atom is -0.484 e. The van der Waals surface area contributed by atoms with E-state index >= 15 is 0 Å². The topological polar surface area (TPSA) is 79.0 Å². The van der Waals surface area contributed by atoms with Crippen molar-refractivity contribution in [1.29, 1.82) is 0 Å². The lowest BCUT2D eigenvalue weighted by molar-refractivity contribution is -0.118. The molecular weight excluding hydrogens is 421 g/mol. The summed E-state index contributed by atoms with van der Waals surface area (Å²) in [6.07, 6.45) is 0. The molecule has 29 heavy (non-hydrogen) atoms. The van der Waals surface area contributed by atoms with Crippen LogP contribution in [0.4, 0.5) is 10.1 Å². The van der Waals surface area contributed by atoms with Crippen molar-refractivity contribution in [1.82, 2.24) is 9.21 Å². The SMILES string of the molecule is CN1CCN(S(=O)(=O)c2ccc(Cl)c(NC(=O)COc3cccc(F)c3)c2)CC1. The normalized spacial score (nSPS) is 15.8. The Morgan fingerprint density at radius 1 is 1.17 bits per heavy atom. The van der Waals surface area contributed by atoms with Crippen LogP contribution in [0.5, 0.6) is 5.75 Å². The summed E-state index contributed by atoms with van der Waals surface area (Å²) in [7, 11) is -1.76. The molecule has 0 bridgehead atoms. The van der Waals surface area contributed by atoms with Gasteiger partial charge in [0.1, 0.15) is 11.6 Å². The molecule has 1 heterocycles. The molecule has 1 N–H and O–H groups in total. The van der Waals surface area contributed by atoms with Crippen molar-refractivity contribution in [2.75, 3.05) is 45.2 Å². The molecule has 1 aliphatic heterocycles. The van der Waals surface area contributed by atoms with E-state index in [0.717, 1.165) is 6.07 Å². The molecule has 0 spiro atoms. The van der Waals surface area contributed by atoms with Crippen molar-refractivity contribution in [2.45, 2.75) is 4.90 Å². The van der Waals surface area contributed by atoms with Gasteiger partial charge in [0.25, 0.3) is 5.91 Å². The summed E-state index contributed by atoms with van der Waals surface area (Å²) in [5.74, 6) is -0.823. The van der Waals surface area contributed by atoms with E-state index in [4.69, 9.17) is 16.3 Å². The van der Waals surface area contributed by atoms with Crippen molar-refractivity contribution in [3.8, 4) is 5.75 Å². The van der Waals surface area contributed by atoms with Gasteiger partial charge in [0.2, 0.25) is 10.0 Å². The number of hydrogen-bond acceptors (Lipinski definition) is 5. The predicted octanol–water partition coefficient (Wildman–Crippen LogP) is 2.43. The molecule has 1 aliphatic rings. The van der Waals surface area contributed by atoms with Gasteiger partial charge in [-0.25, -0.2) is 12.8 Å². The number of carbonyl (C=O) groups excluding carboxylic acids is 1. The Balaban J connectivity index is 1.69. The molecule has 0 aliphatic carbocycles. The fourth-order valence-corrected chi connectivity index (χ4v) is 4.44. The maximum absolute atomic E-state index is 13.2. The molecule has 2 aromatic carbocycles. The Kier molecular flexibility index (Phi) is 6.74. The Labute approximate surface area is 174 Å². The van der Waals surface area contributed by atoms with Crippen LogP contribution in [0, 0.1) is 5.82 Å². The molecule has 1 saturated heterocycles. The lowest BCUT2D eigenvalue weighted by Crippen LogP contribution is -2.47. The highest BCUT2D eigenvalue weighted by Gasteiger charge is 2.28. The van der Waals surface area contributed by atoms with Crippen LogP contribution < -0.4 is 10.1 Å². The summed E-state index contributed by atoms with van der Waals surface area (Å²) in [5, 5.41) is 2.73. The number of sulfonamides is 1. The number of ether oxygens (including phenoxy) is 1. The van der Waals surface area contributed by atoms with Gasteiger partial charge in [-0.05, 0) is 37.4 Å². The van der Waals surface area contributed by atoms with Gasteiger partial charge in [0.05, 0.1) is 15.6 Å². The van der Waals surface area contributed by atoms with Crippen LogP contribution in [-0.4, -0.2) is 63.4 Å². The maximum Gasteiger partial charge on any atom is 0.262 e. The number of hydrogen-bond donors (Lipinski definition) is 1. The number of anilines is 1. The minimum atomic E-state index is -3.70. The molecular formula is C19H21ClFN3O4S. The summed E-state index contributed by atoms with van der Waals surface area (Å²) in [5.41, 5.74) is 0.162. The second-order valence-electron chi connectivity index (χ2n) is 6.64. The van der Waals surface area contributed by atoms with Crippen LogP contribution in [0.25, 0.3) is 0 Å². The molecule has 10 heteroatoms. The molecule has 3 rings (SSSR count). The van der Waals surface area contributed by atoms with E-state index in [1.165, 1.54) is 40.7 Å². The number of piperazine rings is 1. The lowest BCUT2D eigenvalue weighted by Gasteiger charge is -2.31. The van der Waals surface area contributed by atoms with Crippen molar-refractivity contribution < 1.29 is 22.3 Å². The highest BCUT2D eigenvalue weighted by Crippen LogP contribution is 2.27. The highest BCUT2D eigenvalue weighted by atomic mass is 35.5. The van der Waals surface area contributed by atoms with E-state index in [0.29, 0.717) is 26.2 Å². The van der Waals surface area contributed by atoms with Crippen LogP contribution in [0.15, 0.2) is 47.4 Å². The summed E-state index contributed by atoms with van der Waals surface area (Å²) < 4.78 is 45.6. The number of benzene rings is 2. The number of nitrogens with zero attached hydrogens (tertiary/aromatic N) is 2. The summed E-state index contributed by atoms with van der Waals surface area (Å²) in [6.45, 7) is 1.70. The third-order valence-electron chi connectivity index (χ3n) is 4.48. The molecule has 156 valence electrons. The van der Waals surface area contributed by atoms with Crippen molar-refractivity contribution in [3.63, 3.8) is 0 Å². The fraction of sp³-hybridized carbons (Fsp3) is 0.316. The zero-order valence-corrected chi connectivity index (χ0v) is 17.3. The Hall–Kier alpha value is -2.20. The van der Waals surface area contributed by atoms with Crippen LogP contribution >= 0.6 is 11.6 Å². The van der Waals surface area contributed by atoms with Crippen LogP contribution in [-0.2, 0) is 14.8 Å². The molecule has 0 atom stereocenters. The predicted molar refractivity (Wildman–Crippen MR) is 108 cm³/mol. The maximum atomic E-state index is 13.2. The average molecular weight is 442 g/mol. The van der Waals surface area contributed by atoms with Gasteiger partial charge >= 0.3 is 0 Å². The average Bonchev–Trinajstić information content (AvgIpc) is 2.68. The molecule has 0 aromatic heterocycles. The molecule has 1 amide bonds. The van der Waals surface area contributed by atoms with Gasteiger partial charge in [0, 0.05) is 32.2 Å². The number of halogens is 2. The highest BCUT2D eigenvalue weighted by molar-refractivity contribution is 7.89. The molecule has 2 aromatic rings. The number of likely N-dealkylation sites (N-methyl/N-ethyl adjacent to an activating group) is 1.